The smallest absolute Gasteiger partial charge is 0.219 e. The number of hydrogen-bond donors (Lipinski definition) is 1. The lowest BCUT2D eigenvalue weighted by Gasteiger charge is -2.42. The molecular formula is C25H27N3O2. The van der Waals surface area contributed by atoms with Gasteiger partial charge in [-0.2, -0.15) is 0 Å². The van der Waals surface area contributed by atoms with Crippen molar-refractivity contribution in [2.24, 2.45) is 17.0 Å². The molecule has 0 spiro atoms. The van der Waals surface area contributed by atoms with Crippen LogP contribution in [0.2, 0.25) is 0 Å². The first-order valence-electron chi connectivity index (χ1n) is 10.9. The fraction of sp³-hybridized carbons (Fsp3) is 0.360. The standard InChI is InChI=1S/C25H27N3O2/c29-27-25(28-14-13-19-6-2-4-8-22(19)17-28)21-10-12-24(26-16-21)30-23-11-9-18-5-1-3-7-20(18)15-23/h1,3,5,7,9-12,15-16,19,22,29H,2,4,6,8,13-14,17H2/b27-25-. The first-order valence-corrected chi connectivity index (χ1v) is 10.9. The van der Waals surface area contributed by atoms with Crippen LogP contribution in [-0.2, 0) is 0 Å². The van der Waals surface area contributed by atoms with Gasteiger partial charge in [0.15, 0.2) is 5.84 Å². The molecular weight excluding hydrogens is 374 g/mol. The van der Waals surface area contributed by atoms with Gasteiger partial charge in [-0.1, -0.05) is 54.8 Å². The highest BCUT2D eigenvalue weighted by Gasteiger charge is 2.32. The highest BCUT2D eigenvalue weighted by Crippen LogP contribution is 2.36. The van der Waals surface area contributed by atoms with E-state index in [1.54, 1.807) is 6.20 Å². The van der Waals surface area contributed by atoms with E-state index in [4.69, 9.17) is 4.74 Å². The number of piperidine rings is 1. The average molecular weight is 402 g/mol. The van der Waals surface area contributed by atoms with Gasteiger partial charge in [-0.25, -0.2) is 4.98 Å². The minimum absolute atomic E-state index is 0.525. The van der Waals surface area contributed by atoms with Crippen LogP contribution in [-0.4, -0.2) is 34.0 Å². The number of aromatic nitrogens is 1. The van der Waals surface area contributed by atoms with Crippen LogP contribution in [0.3, 0.4) is 0 Å². The summed E-state index contributed by atoms with van der Waals surface area (Å²) in [5.41, 5.74) is 0.817. The molecule has 2 fully saturated rings. The molecule has 2 aromatic carbocycles. The molecule has 5 rings (SSSR count). The van der Waals surface area contributed by atoms with Crippen molar-refractivity contribution in [3.8, 4) is 11.6 Å². The molecule has 30 heavy (non-hydrogen) atoms. The average Bonchev–Trinajstić information content (AvgIpc) is 2.80. The molecule has 0 radical (unpaired) electrons. The van der Waals surface area contributed by atoms with Crippen LogP contribution in [0.25, 0.3) is 10.8 Å². The molecule has 2 unspecified atom stereocenters. The molecule has 5 nitrogen and oxygen atoms in total. The Morgan fingerprint density at radius 2 is 1.80 bits per heavy atom. The molecule has 1 N–H and O–H groups in total. The summed E-state index contributed by atoms with van der Waals surface area (Å²) in [5.74, 6) is 3.45. The second-order valence-corrected chi connectivity index (χ2v) is 8.46. The van der Waals surface area contributed by atoms with Gasteiger partial charge in [-0.15, -0.1) is 0 Å². The first kappa shape index (κ1) is 18.9. The van der Waals surface area contributed by atoms with Gasteiger partial charge in [-0.05, 0) is 53.6 Å². The Morgan fingerprint density at radius 1 is 0.967 bits per heavy atom. The molecule has 1 aromatic heterocycles. The largest absolute Gasteiger partial charge is 0.439 e. The number of hydrogen-bond acceptors (Lipinski definition) is 4. The summed E-state index contributed by atoms with van der Waals surface area (Å²) in [7, 11) is 0. The minimum Gasteiger partial charge on any atom is -0.439 e. The molecule has 1 saturated carbocycles. The third kappa shape index (κ3) is 3.84. The molecule has 1 aliphatic carbocycles. The van der Waals surface area contributed by atoms with E-state index in [2.05, 4.69) is 27.2 Å². The van der Waals surface area contributed by atoms with E-state index in [9.17, 15) is 5.21 Å². The van der Waals surface area contributed by atoms with Gasteiger partial charge in [0.25, 0.3) is 0 Å². The van der Waals surface area contributed by atoms with E-state index in [-0.39, 0.29) is 0 Å². The normalized spacial score (nSPS) is 22.0. The topological polar surface area (TPSA) is 58.0 Å². The maximum Gasteiger partial charge on any atom is 0.219 e. The van der Waals surface area contributed by atoms with Crippen LogP contribution < -0.4 is 4.74 Å². The molecule has 1 saturated heterocycles. The predicted octanol–water partition coefficient (Wildman–Crippen LogP) is 5.68. The molecule has 3 aromatic rings. The Balaban J connectivity index is 1.29. The number of likely N-dealkylation sites (tertiary alicyclic amines) is 1. The van der Waals surface area contributed by atoms with Crippen molar-refractivity contribution < 1.29 is 9.94 Å². The number of fused-ring (bicyclic) bond motifs is 2. The van der Waals surface area contributed by atoms with Crippen LogP contribution in [0.15, 0.2) is 65.9 Å². The number of nitrogens with zero attached hydrogens (tertiary/aromatic N) is 3. The van der Waals surface area contributed by atoms with Crippen molar-refractivity contribution >= 4 is 16.6 Å². The molecule has 0 bridgehead atoms. The Kier molecular flexibility index (Phi) is 5.26. The fourth-order valence-corrected chi connectivity index (χ4v) is 5.02. The van der Waals surface area contributed by atoms with E-state index in [1.807, 2.05) is 42.5 Å². The second-order valence-electron chi connectivity index (χ2n) is 8.46. The number of amidine groups is 1. The van der Waals surface area contributed by atoms with Crippen molar-refractivity contribution in [2.45, 2.75) is 32.1 Å². The second kappa shape index (κ2) is 8.34. The zero-order chi connectivity index (χ0) is 20.3. The van der Waals surface area contributed by atoms with Crippen molar-refractivity contribution in [1.82, 2.24) is 9.88 Å². The lowest BCUT2D eigenvalue weighted by atomic mass is 9.75. The van der Waals surface area contributed by atoms with E-state index < -0.39 is 0 Å². The van der Waals surface area contributed by atoms with Gasteiger partial charge in [0.1, 0.15) is 5.75 Å². The van der Waals surface area contributed by atoms with Crippen molar-refractivity contribution in [3.05, 3.63) is 66.4 Å². The van der Waals surface area contributed by atoms with Gasteiger partial charge in [0, 0.05) is 30.9 Å². The number of oxime groups is 1. The summed E-state index contributed by atoms with van der Waals surface area (Å²) >= 11 is 0. The molecule has 154 valence electrons. The zero-order valence-corrected chi connectivity index (χ0v) is 17.1. The molecule has 2 atom stereocenters. The summed E-state index contributed by atoms with van der Waals surface area (Å²) in [6.07, 6.45) is 8.25. The molecule has 2 aliphatic rings. The number of rotatable bonds is 3. The van der Waals surface area contributed by atoms with Crippen LogP contribution in [0, 0.1) is 11.8 Å². The number of ether oxygens (including phenoxy) is 1. The van der Waals surface area contributed by atoms with Crippen LogP contribution in [0.1, 0.15) is 37.7 Å². The van der Waals surface area contributed by atoms with Crippen LogP contribution in [0.5, 0.6) is 11.6 Å². The van der Waals surface area contributed by atoms with Gasteiger partial charge in [0.2, 0.25) is 5.88 Å². The Bertz CT molecular complexity index is 1050. The van der Waals surface area contributed by atoms with Gasteiger partial charge in [-0.3, -0.25) is 0 Å². The molecule has 1 aliphatic heterocycles. The van der Waals surface area contributed by atoms with Crippen molar-refractivity contribution in [1.29, 1.82) is 0 Å². The number of benzene rings is 2. The molecule has 0 amide bonds. The summed E-state index contributed by atoms with van der Waals surface area (Å²) in [4.78, 5) is 6.67. The van der Waals surface area contributed by atoms with Gasteiger partial charge >= 0.3 is 0 Å². The fourth-order valence-electron chi connectivity index (χ4n) is 5.02. The summed E-state index contributed by atoms with van der Waals surface area (Å²) in [5, 5.41) is 15.7. The minimum atomic E-state index is 0.525. The van der Waals surface area contributed by atoms with Crippen LogP contribution >= 0.6 is 0 Å². The van der Waals surface area contributed by atoms with Crippen LogP contribution in [0.4, 0.5) is 0 Å². The van der Waals surface area contributed by atoms with E-state index >= 15 is 0 Å². The third-order valence-electron chi connectivity index (χ3n) is 6.62. The Hall–Kier alpha value is -3.08. The highest BCUT2D eigenvalue weighted by atomic mass is 16.5. The third-order valence-corrected chi connectivity index (χ3v) is 6.62. The lowest BCUT2D eigenvalue weighted by Crippen LogP contribution is -2.45. The van der Waals surface area contributed by atoms with E-state index in [0.29, 0.717) is 17.6 Å². The summed E-state index contributed by atoms with van der Waals surface area (Å²) in [6.45, 7) is 1.91. The van der Waals surface area contributed by atoms with E-state index in [0.717, 1.165) is 35.7 Å². The Labute approximate surface area is 177 Å². The quantitative estimate of drug-likeness (QED) is 0.266. The summed E-state index contributed by atoms with van der Waals surface area (Å²) < 4.78 is 5.94. The Morgan fingerprint density at radius 3 is 2.60 bits per heavy atom. The lowest BCUT2D eigenvalue weighted by molar-refractivity contribution is 0.127. The highest BCUT2D eigenvalue weighted by molar-refractivity contribution is 5.98. The van der Waals surface area contributed by atoms with Crippen molar-refractivity contribution in [3.63, 3.8) is 0 Å². The maximum absolute atomic E-state index is 9.72. The van der Waals surface area contributed by atoms with Gasteiger partial charge in [0.05, 0.1) is 0 Å². The van der Waals surface area contributed by atoms with E-state index in [1.165, 1.54) is 37.5 Å². The monoisotopic (exact) mass is 401 g/mol. The molecule has 5 heteroatoms. The molecule has 2 heterocycles. The SMILES string of the molecule is O/N=C(/c1ccc(Oc2ccc3ccccc3c2)nc1)N1CCC2CCCCC2C1. The predicted molar refractivity (Wildman–Crippen MR) is 118 cm³/mol. The summed E-state index contributed by atoms with van der Waals surface area (Å²) in [6, 6.07) is 18.0. The maximum atomic E-state index is 9.72. The first-order chi connectivity index (χ1) is 14.8. The zero-order valence-electron chi connectivity index (χ0n) is 17.1. The van der Waals surface area contributed by atoms with Crippen molar-refractivity contribution in [2.75, 3.05) is 13.1 Å². The van der Waals surface area contributed by atoms with Gasteiger partial charge < -0.3 is 14.8 Å². The number of pyridine rings is 1.